The smallest absolute Gasteiger partial charge is 0.376 e. The van der Waals surface area contributed by atoms with Crippen LogP contribution in [0.4, 0.5) is 13.2 Å². The molecule has 0 spiro atoms. The van der Waals surface area contributed by atoms with Gasteiger partial charge in [-0.2, -0.15) is 13.2 Å². The van der Waals surface area contributed by atoms with E-state index in [4.69, 9.17) is 0 Å². The van der Waals surface area contributed by atoms with Gasteiger partial charge in [-0.1, -0.05) is 18.2 Å². The molecule has 1 N–H and O–H groups in total. The van der Waals surface area contributed by atoms with Crippen molar-refractivity contribution in [3.8, 4) is 0 Å². The maximum atomic E-state index is 12.8. The number of halogens is 3. The Morgan fingerprint density at radius 3 is 2.68 bits per heavy atom. The molecule has 1 heterocycles. The van der Waals surface area contributed by atoms with Gasteiger partial charge in [0.25, 0.3) is 0 Å². The van der Waals surface area contributed by atoms with Gasteiger partial charge in [0.2, 0.25) is 0 Å². The molecule has 3 rings (SSSR count). The van der Waals surface area contributed by atoms with Crippen LogP contribution in [0.5, 0.6) is 0 Å². The fourth-order valence-corrected chi connectivity index (χ4v) is 4.13. The van der Waals surface area contributed by atoms with E-state index in [0.717, 1.165) is 10.6 Å². The quantitative estimate of drug-likeness (QED) is 0.810. The molecule has 5 heteroatoms. The molecule has 0 aromatic rings. The lowest BCUT2D eigenvalue weighted by molar-refractivity contribution is -0.0947. The minimum Gasteiger partial charge on any atom is -0.376 e. The molecule has 2 atom stereocenters. The van der Waals surface area contributed by atoms with E-state index in [1.54, 1.807) is 17.8 Å². The topological polar surface area (TPSA) is 12.0 Å². The van der Waals surface area contributed by atoms with Gasteiger partial charge in [-0.25, -0.2) is 0 Å². The molecule has 2 aliphatic carbocycles. The third-order valence-corrected chi connectivity index (χ3v) is 5.43. The van der Waals surface area contributed by atoms with Crippen molar-refractivity contribution in [3.05, 3.63) is 34.4 Å². The second-order valence-corrected chi connectivity index (χ2v) is 6.58. The van der Waals surface area contributed by atoms with Gasteiger partial charge in [-0.05, 0) is 32.1 Å². The molecule has 0 amide bonds. The molecule has 0 bridgehead atoms. The van der Waals surface area contributed by atoms with Crippen LogP contribution in [0.1, 0.15) is 26.2 Å². The first kappa shape index (κ1) is 13.2. The third kappa shape index (κ3) is 2.71. The highest BCUT2D eigenvalue weighted by Gasteiger charge is 2.40. The highest BCUT2D eigenvalue weighted by molar-refractivity contribution is 8.03. The summed E-state index contributed by atoms with van der Waals surface area (Å²) in [6, 6.07) is 0. The van der Waals surface area contributed by atoms with Gasteiger partial charge in [-0.15, -0.1) is 11.8 Å². The molecule has 1 saturated carbocycles. The van der Waals surface area contributed by atoms with Crippen LogP contribution in [-0.4, -0.2) is 11.6 Å². The van der Waals surface area contributed by atoms with Crippen LogP contribution in [0.15, 0.2) is 34.4 Å². The standard InChI is InChI=1S/C14H16F3NS/c1-8-12(19-13(18-8)9-5-6-9)10-3-2-4-11(7-10)14(15,16)17/h2-4,9-10,13,18H,5-7H2,1H3. The van der Waals surface area contributed by atoms with Crippen LogP contribution in [-0.2, 0) is 0 Å². The molecule has 1 fully saturated rings. The fourth-order valence-electron chi connectivity index (χ4n) is 2.59. The average molecular weight is 287 g/mol. The molecule has 1 aliphatic heterocycles. The van der Waals surface area contributed by atoms with Gasteiger partial charge < -0.3 is 5.32 Å². The summed E-state index contributed by atoms with van der Waals surface area (Å²) in [7, 11) is 0. The first-order chi connectivity index (χ1) is 8.95. The van der Waals surface area contributed by atoms with Gasteiger partial charge in [0, 0.05) is 22.1 Å². The molecule has 1 nitrogen and oxygen atoms in total. The van der Waals surface area contributed by atoms with E-state index >= 15 is 0 Å². The Morgan fingerprint density at radius 1 is 1.32 bits per heavy atom. The summed E-state index contributed by atoms with van der Waals surface area (Å²) in [5.74, 6) is 0.575. The Hall–Kier alpha value is -0.840. The molecule has 2 unspecified atom stereocenters. The first-order valence-electron chi connectivity index (χ1n) is 6.53. The van der Waals surface area contributed by atoms with E-state index in [1.165, 1.54) is 18.9 Å². The maximum absolute atomic E-state index is 12.8. The van der Waals surface area contributed by atoms with E-state index in [-0.39, 0.29) is 12.3 Å². The predicted octanol–water partition coefficient (Wildman–Crippen LogP) is 4.36. The number of thioether (sulfide) groups is 1. The van der Waals surface area contributed by atoms with Gasteiger partial charge in [0.05, 0.1) is 5.37 Å². The Balaban J connectivity index is 1.72. The fraction of sp³-hybridized carbons (Fsp3) is 0.571. The second kappa shape index (κ2) is 4.62. The predicted molar refractivity (Wildman–Crippen MR) is 71.3 cm³/mol. The normalized spacial score (nSPS) is 31.5. The van der Waals surface area contributed by atoms with Crippen molar-refractivity contribution in [3.63, 3.8) is 0 Å². The van der Waals surface area contributed by atoms with Crippen LogP contribution >= 0.6 is 11.8 Å². The molecular formula is C14H16F3NS. The Kier molecular flexibility index (Phi) is 3.20. The lowest BCUT2D eigenvalue weighted by Gasteiger charge is -2.21. The molecule has 0 saturated heterocycles. The average Bonchev–Trinajstić information content (AvgIpc) is 3.12. The number of hydrogen-bond acceptors (Lipinski definition) is 2. The van der Waals surface area contributed by atoms with Crippen LogP contribution in [0, 0.1) is 11.8 Å². The Morgan fingerprint density at radius 2 is 2.05 bits per heavy atom. The molecule has 104 valence electrons. The van der Waals surface area contributed by atoms with Gasteiger partial charge >= 0.3 is 6.18 Å². The largest absolute Gasteiger partial charge is 0.412 e. The summed E-state index contributed by atoms with van der Waals surface area (Å²) in [6.45, 7) is 1.98. The minimum atomic E-state index is -4.20. The molecule has 0 aromatic heterocycles. The van der Waals surface area contributed by atoms with Gasteiger partial charge in [-0.3, -0.25) is 0 Å². The minimum absolute atomic E-state index is 0.0682. The van der Waals surface area contributed by atoms with Crippen LogP contribution in [0.25, 0.3) is 0 Å². The SMILES string of the molecule is CC1=C(C2C=CC=C(C(F)(F)F)C2)SC(C2CC2)N1. The number of rotatable bonds is 2. The molecular weight excluding hydrogens is 271 g/mol. The highest BCUT2D eigenvalue weighted by Crippen LogP contribution is 2.48. The summed E-state index contributed by atoms with van der Waals surface area (Å²) in [6.07, 6.45) is 2.96. The zero-order chi connectivity index (χ0) is 13.6. The zero-order valence-electron chi connectivity index (χ0n) is 10.6. The lowest BCUT2D eigenvalue weighted by Crippen LogP contribution is -2.20. The second-order valence-electron chi connectivity index (χ2n) is 5.39. The summed E-state index contributed by atoms with van der Waals surface area (Å²) in [5.41, 5.74) is 0.635. The van der Waals surface area contributed by atoms with Crippen molar-refractivity contribution in [1.29, 1.82) is 0 Å². The van der Waals surface area contributed by atoms with E-state index in [1.807, 2.05) is 13.0 Å². The van der Waals surface area contributed by atoms with E-state index in [9.17, 15) is 13.2 Å². The van der Waals surface area contributed by atoms with Crippen molar-refractivity contribution in [2.45, 2.75) is 37.7 Å². The first-order valence-corrected chi connectivity index (χ1v) is 7.41. The van der Waals surface area contributed by atoms with Crippen molar-refractivity contribution >= 4 is 11.8 Å². The van der Waals surface area contributed by atoms with E-state index < -0.39 is 11.7 Å². The highest BCUT2D eigenvalue weighted by atomic mass is 32.2. The van der Waals surface area contributed by atoms with Gasteiger partial charge in [0.1, 0.15) is 0 Å². The Labute approximate surface area is 115 Å². The number of allylic oxidation sites excluding steroid dienone is 6. The zero-order valence-corrected chi connectivity index (χ0v) is 11.4. The molecule has 0 aromatic carbocycles. The maximum Gasteiger partial charge on any atom is 0.412 e. The third-order valence-electron chi connectivity index (χ3n) is 3.81. The number of nitrogens with one attached hydrogen (secondary N) is 1. The van der Waals surface area contributed by atoms with Crippen molar-refractivity contribution in [2.24, 2.45) is 11.8 Å². The van der Waals surface area contributed by atoms with Crippen LogP contribution in [0.3, 0.4) is 0 Å². The Bertz CT molecular complexity index is 472. The van der Waals surface area contributed by atoms with Crippen LogP contribution in [0.2, 0.25) is 0 Å². The molecule has 3 aliphatic rings. The monoisotopic (exact) mass is 287 g/mol. The lowest BCUT2D eigenvalue weighted by atomic mass is 9.93. The van der Waals surface area contributed by atoms with Crippen molar-refractivity contribution in [1.82, 2.24) is 5.32 Å². The van der Waals surface area contributed by atoms with Gasteiger partial charge in [0.15, 0.2) is 0 Å². The molecule has 19 heavy (non-hydrogen) atoms. The summed E-state index contributed by atoms with van der Waals surface area (Å²) in [4.78, 5) is 1.09. The van der Waals surface area contributed by atoms with E-state index in [2.05, 4.69) is 5.32 Å². The summed E-state index contributed by atoms with van der Waals surface area (Å²) >= 11 is 1.73. The van der Waals surface area contributed by atoms with Crippen molar-refractivity contribution in [2.75, 3.05) is 0 Å². The summed E-state index contributed by atoms with van der Waals surface area (Å²) in [5, 5.41) is 3.80. The summed E-state index contributed by atoms with van der Waals surface area (Å²) < 4.78 is 38.3. The van der Waals surface area contributed by atoms with Crippen molar-refractivity contribution < 1.29 is 13.2 Å². The number of hydrogen-bond donors (Lipinski definition) is 1. The van der Waals surface area contributed by atoms with E-state index in [0.29, 0.717) is 11.3 Å². The molecule has 0 radical (unpaired) electrons. The van der Waals surface area contributed by atoms with Crippen LogP contribution < -0.4 is 5.32 Å². The number of alkyl halides is 3.